The van der Waals surface area contributed by atoms with Gasteiger partial charge in [0.1, 0.15) is 10.7 Å². The second kappa shape index (κ2) is 16.3. The van der Waals surface area contributed by atoms with Gasteiger partial charge >= 0.3 is 0 Å². The van der Waals surface area contributed by atoms with E-state index in [-0.39, 0.29) is 39.5 Å². The number of carbonyl (C=O) groups is 3. The third-order valence-electron chi connectivity index (χ3n) is 8.83. The van der Waals surface area contributed by atoms with E-state index < -0.39 is 11.7 Å². The number of methoxy groups -OCH3 is 1. The summed E-state index contributed by atoms with van der Waals surface area (Å²) in [5, 5.41) is 6.07. The van der Waals surface area contributed by atoms with Crippen LogP contribution in [0, 0.1) is 5.82 Å². The van der Waals surface area contributed by atoms with E-state index in [0.717, 1.165) is 24.2 Å². The van der Waals surface area contributed by atoms with Gasteiger partial charge in [0.2, 0.25) is 11.8 Å². The zero-order valence-corrected chi connectivity index (χ0v) is 31.7. The summed E-state index contributed by atoms with van der Waals surface area (Å²) < 4.78 is 19.8. The number of anilines is 5. The molecule has 1 aliphatic carbocycles. The molecule has 1 saturated heterocycles. The van der Waals surface area contributed by atoms with Crippen molar-refractivity contribution in [1.29, 1.82) is 0 Å². The molecule has 1 aromatic carbocycles. The molecule has 2 fully saturated rings. The molecule has 0 bridgehead atoms. The highest BCUT2D eigenvalue weighted by Crippen LogP contribution is 2.40. The Bertz CT molecular complexity index is 2020. The van der Waals surface area contributed by atoms with E-state index in [0.29, 0.717) is 65.6 Å². The van der Waals surface area contributed by atoms with Gasteiger partial charge in [-0.15, -0.1) is 0 Å². The predicted octanol–water partition coefficient (Wildman–Crippen LogP) is 6.07. The standard InChI is InChI=1S/C37H41ClFN9O4S/c1-22-21-46(32(50)10-7-15-45(3)4)16-17-47(22)35-29(48(23(2)49)25-11-12-25)18-24(19-40-35)28-13-14-30(52-5)34(42-28)44-37-41-20-31(53-37)36(51)43-33-26(38)8-6-9-27(33)39/h6-10,13-14,18-20,22,25H,11-12,15-17,21H2,1-5H3,(H,43,51)(H,41,42,44)/b10-7+. The number of benzene rings is 1. The fourth-order valence-corrected chi connectivity index (χ4v) is 7.00. The fraction of sp³-hybridized carbons (Fsp3) is 0.351. The minimum atomic E-state index is -0.651. The molecule has 0 radical (unpaired) electrons. The first kappa shape index (κ1) is 37.6. The van der Waals surface area contributed by atoms with Crippen LogP contribution in [-0.2, 0) is 9.59 Å². The van der Waals surface area contributed by atoms with Crippen molar-refractivity contribution < 1.29 is 23.5 Å². The minimum Gasteiger partial charge on any atom is -0.493 e. The van der Waals surface area contributed by atoms with Gasteiger partial charge in [0.15, 0.2) is 22.5 Å². The second-order valence-corrected chi connectivity index (χ2v) is 14.6. The number of pyridine rings is 2. The molecule has 0 spiro atoms. The van der Waals surface area contributed by atoms with E-state index in [1.165, 1.54) is 31.5 Å². The van der Waals surface area contributed by atoms with Crippen molar-refractivity contribution in [3.05, 3.63) is 76.7 Å². The molecule has 16 heteroatoms. The summed E-state index contributed by atoms with van der Waals surface area (Å²) in [5.41, 5.74) is 1.81. The Morgan fingerprint density at radius 3 is 2.60 bits per heavy atom. The van der Waals surface area contributed by atoms with E-state index in [4.69, 9.17) is 26.3 Å². The predicted molar refractivity (Wildman–Crippen MR) is 206 cm³/mol. The zero-order valence-electron chi connectivity index (χ0n) is 30.1. The summed E-state index contributed by atoms with van der Waals surface area (Å²) in [7, 11) is 5.43. The maximum absolute atomic E-state index is 14.3. The van der Waals surface area contributed by atoms with Crippen LogP contribution in [0.25, 0.3) is 11.3 Å². The van der Waals surface area contributed by atoms with Gasteiger partial charge in [0.05, 0.1) is 35.4 Å². The largest absolute Gasteiger partial charge is 0.493 e. The molecular weight excluding hydrogens is 721 g/mol. The number of hydrogen-bond acceptors (Lipinski definition) is 11. The molecule has 2 aliphatic rings. The Balaban J connectivity index is 1.25. The highest BCUT2D eigenvalue weighted by atomic mass is 35.5. The average Bonchev–Trinajstić information content (AvgIpc) is 3.85. The number of aromatic nitrogens is 3. The Morgan fingerprint density at radius 1 is 1.13 bits per heavy atom. The van der Waals surface area contributed by atoms with Crippen LogP contribution in [0.2, 0.25) is 5.02 Å². The summed E-state index contributed by atoms with van der Waals surface area (Å²) in [6.07, 6.45) is 8.40. The zero-order chi connectivity index (χ0) is 37.8. The fourth-order valence-electron chi connectivity index (χ4n) is 6.07. The van der Waals surface area contributed by atoms with Crippen molar-refractivity contribution in [1.82, 2.24) is 24.8 Å². The van der Waals surface area contributed by atoms with Crippen LogP contribution in [0.4, 0.5) is 32.5 Å². The number of piperazine rings is 1. The number of amides is 3. The molecule has 3 aromatic heterocycles. The molecule has 6 rings (SSSR count). The highest BCUT2D eigenvalue weighted by molar-refractivity contribution is 7.17. The van der Waals surface area contributed by atoms with Crippen molar-refractivity contribution in [2.75, 3.05) is 67.8 Å². The number of halogens is 2. The van der Waals surface area contributed by atoms with Crippen LogP contribution in [0.3, 0.4) is 0 Å². The third kappa shape index (κ3) is 8.75. The third-order valence-corrected chi connectivity index (χ3v) is 10.1. The van der Waals surface area contributed by atoms with Gasteiger partial charge in [-0.25, -0.2) is 19.3 Å². The Labute approximate surface area is 316 Å². The number of hydrogen-bond donors (Lipinski definition) is 2. The number of ether oxygens (including phenoxy) is 1. The first-order valence-corrected chi connectivity index (χ1v) is 18.3. The topological polar surface area (TPSA) is 136 Å². The molecule has 4 heterocycles. The average molecular weight is 762 g/mol. The number of rotatable bonds is 12. The van der Waals surface area contributed by atoms with Crippen LogP contribution < -0.4 is 25.2 Å². The van der Waals surface area contributed by atoms with Crippen molar-refractivity contribution in [3.63, 3.8) is 0 Å². The van der Waals surface area contributed by atoms with Gasteiger partial charge in [-0.2, -0.15) is 0 Å². The Kier molecular flexibility index (Phi) is 11.6. The lowest BCUT2D eigenvalue weighted by atomic mass is 10.1. The monoisotopic (exact) mass is 761 g/mol. The molecule has 53 heavy (non-hydrogen) atoms. The van der Waals surface area contributed by atoms with Crippen molar-refractivity contribution >= 4 is 68.8 Å². The molecule has 278 valence electrons. The molecule has 13 nitrogen and oxygen atoms in total. The van der Waals surface area contributed by atoms with E-state index in [2.05, 4.69) is 27.4 Å². The molecule has 3 amide bonds. The van der Waals surface area contributed by atoms with Crippen LogP contribution in [-0.4, -0.2) is 102 Å². The van der Waals surface area contributed by atoms with E-state index >= 15 is 0 Å². The van der Waals surface area contributed by atoms with Crippen LogP contribution in [0.1, 0.15) is 36.4 Å². The van der Waals surface area contributed by atoms with E-state index in [1.54, 1.807) is 31.3 Å². The van der Waals surface area contributed by atoms with Crippen LogP contribution in [0.15, 0.2) is 60.9 Å². The van der Waals surface area contributed by atoms with Crippen molar-refractivity contribution in [3.8, 4) is 17.0 Å². The molecule has 4 aromatic rings. The first-order valence-electron chi connectivity index (χ1n) is 17.1. The van der Waals surface area contributed by atoms with Crippen molar-refractivity contribution in [2.24, 2.45) is 0 Å². The van der Waals surface area contributed by atoms with E-state index in [9.17, 15) is 18.8 Å². The van der Waals surface area contributed by atoms with Gasteiger partial charge in [-0.1, -0.05) is 35.1 Å². The van der Waals surface area contributed by atoms with Gasteiger partial charge in [-0.3, -0.25) is 14.4 Å². The molecule has 1 atom stereocenters. The van der Waals surface area contributed by atoms with Gasteiger partial charge in [0.25, 0.3) is 5.91 Å². The SMILES string of the molecule is COc1ccc(-c2cnc(N3CCN(C(=O)/C=C/CN(C)C)CC3C)c(N(C(C)=O)C3CC3)c2)nc1Nc1ncc(C(=O)Nc2c(F)cccc2Cl)s1. The lowest BCUT2D eigenvalue weighted by Crippen LogP contribution is -2.54. The first-order chi connectivity index (χ1) is 25.4. The number of likely N-dealkylation sites (N-methyl/N-ethyl adjacent to an activating group) is 1. The second-order valence-electron chi connectivity index (χ2n) is 13.1. The van der Waals surface area contributed by atoms with Gasteiger partial charge < -0.3 is 35.0 Å². The molecule has 1 unspecified atom stereocenters. The summed E-state index contributed by atoms with van der Waals surface area (Å²) >= 11 is 7.13. The van der Waals surface area contributed by atoms with Crippen LogP contribution >= 0.6 is 22.9 Å². The smallest absolute Gasteiger partial charge is 0.267 e. The maximum Gasteiger partial charge on any atom is 0.267 e. The maximum atomic E-state index is 14.3. The quantitative estimate of drug-likeness (QED) is 0.164. The van der Waals surface area contributed by atoms with E-state index in [1.807, 2.05) is 40.9 Å². The number of para-hydroxylation sites is 1. The lowest BCUT2D eigenvalue weighted by Gasteiger charge is -2.41. The molecular formula is C37H41ClFN9O4S. The highest BCUT2D eigenvalue weighted by Gasteiger charge is 2.36. The molecule has 1 aliphatic heterocycles. The minimum absolute atomic E-state index is 0.0232. The lowest BCUT2D eigenvalue weighted by molar-refractivity contribution is -0.126. The Morgan fingerprint density at radius 2 is 1.92 bits per heavy atom. The normalized spacial score (nSPS) is 15.9. The summed E-state index contributed by atoms with van der Waals surface area (Å²) in [6, 6.07) is 9.67. The molecule has 2 N–H and O–H groups in total. The number of nitrogens with one attached hydrogen (secondary N) is 2. The van der Waals surface area contributed by atoms with Gasteiger partial charge in [-0.05, 0) is 64.2 Å². The summed E-state index contributed by atoms with van der Waals surface area (Å²) in [6.45, 7) is 5.90. The number of carbonyl (C=O) groups excluding carboxylic acids is 3. The summed E-state index contributed by atoms with van der Waals surface area (Å²) in [4.78, 5) is 61.1. The molecule has 1 saturated carbocycles. The van der Waals surface area contributed by atoms with Crippen molar-refractivity contribution in [2.45, 2.75) is 38.8 Å². The van der Waals surface area contributed by atoms with Crippen LogP contribution in [0.5, 0.6) is 5.75 Å². The number of thiazole rings is 1. The Hall–Kier alpha value is -5.12. The summed E-state index contributed by atoms with van der Waals surface area (Å²) in [5.74, 6) is 0.126. The van der Waals surface area contributed by atoms with Gasteiger partial charge in [0, 0.05) is 63.0 Å². The number of nitrogens with zero attached hydrogens (tertiary/aromatic N) is 7.